The Morgan fingerprint density at radius 3 is 2.50 bits per heavy atom. The minimum Gasteiger partial charge on any atom is -0.367 e. The Kier molecular flexibility index (Phi) is 5.59. The smallest absolute Gasteiger partial charge is 0.252 e. The minimum atomic E-state index is -3.58. The van der Waals surface area contributed by atoms with E-state index in [1.807, 2.05) is 4.90 Å². The van der Waals surface area contributed by atoms with Gasteiger partial charge in [0.05, 0.1) is 12.2 Å². The molecule has 0 saturated carbocycles. The van der Waals surface area contributed by atoms with Gasteiger partial charge >= 0.3 is 0 Å². The van der Waals surface area contributed by atoms with Crippen molar-refractivity contribution in [1.82, 2.24) is 9.62 Å². The summed E-state index contributed by atoms with van der Waals surface area (Å²) in [5, 5.41) is 2.66. The summed E-state index contributed by atoms with van der Waals surface area (Å²) in [7, 11) is -3.58. The molecule has 140 valence electrons. The first-order valence-electron chi connectivity index (χ1n) is 8.21. The number of piperazine rings is 1. The fourth-order valence-corrected chi connectivity index (χ4v) is 5.68. The van der Waals surface area contributed by atoms with Crippen LogP contribution in [-0.4, -0.2) is 44.8 Å². The van der Waals surface area contributed by atoms with Crippen LogP contribution in [0.1, 0.15) is 11.8 Å². The number of nitrogens with one attached hydrogen (secondary N) is 1. The molecule has 2 heterocycles. The topological polar surface area (TPSA) is 69.7 Å². The Hall–Kier alpha value is -1.97. The number of carbonyl (C=O) groups excluding carboxylic acids is 1. The van der Waals surface area contributed by atoms with Crippen molar-refractivity contribution >= 4 is 33.0 Å². The van der Waals surface area contributed by atoms with Gasteiger partial charge in [-0.25, -0.2) is 12.8 Å². The zero-order chi connectivity index (χ0) is 18.7. The van der Waals surface area contributed by atoms with Crippen molar-refractivity contribution in [3.05, 3.63) is 47.1 Å². The normalized spacial score (nSPS) is 15.8. The van der Waals surface area contributed by atoms with Crippen molar-refractivity contribution < 1.29 is 17.6 Å². The van der Waals surface area contributed by atoms with Crippen LogP contribution >= 0.6 is 11.3 Å². The molecule has 1 aliphatic rings. The molecule has 0 bridgehead atoms. The summed E-state index contributed by atoms with van der Waals surface area (Å²) in [5.74, 6) is -0.461. The third kappa shape index (κ3) is 4.05. The van der Waals surface area contributed by atoms with Gasteiger partial charge in [-0.1, -0.05) is 12.1 Å². The van der Waals surface area contributed by atoms with Gasteiger partial charge in [-0.3, -0.25) is 4.79 Å². The van der Waals surface area contributed by atoms with Gasteiger partial charge in [0.1, 0.15) is 10.0 Å². The molecule has 1 fully saturated rings. The first-order chi connectivity index (χ1) is 12.4. The van der Waals surface area contributed by atoms with Crippen LogP contribution in [0.15, 0.2) is 40.6 Å². The lowest BCUT2D eigenvalue weighted by atomic mass is 10.2. The molecule has 0 aliphatic carbocycles. The molecule has 1 N–H and O–H groups in total. The number of hydrogen-bond donors (Lipinski definition) is 1. The number of nitrogens with zero attached hydrogens (tertiary/aromatic N) is 2. The fraction of sp³-hybridized carbons (Fsp3) is 0.353. The van der Waals surface area contributed by atoms with Crippen molar-refractivity contribution in [3.8, 4) is 0 Å². The van der Waals surface area contributed by atoms with E-state index in [0.29, 0.717) is 38.4 Å². The zero-order valence-corrected chi connectivity index (χ0v) is 15.9. The highest BCUT2D eigenvalue weighted by atomic mass is 32.2. The van der Waals surface area contributed by atoms with E-state index >= 15 is 0 Å². The summed E-state index contributed by atoms with van der Waals surface area (Å²) < 4.78 is 41.2. The van der Waals surface area contributed by atoms with E-state index in [4.69, 9.17) is 0 Å². The van der Waals surface area contributed by atoms with Crippen LogP contribution in [0.25, 0.3) is 0 Å². The Morgan fingerprint density at radius 1 is 1.15 bits per heavy atom. The third-order valence-electron chi connectivity index (χ3n) is 4.17. The van der Waals surface area contributed by atoms with Gasteiger partial charge < -0.3 is 10.2 Å². The maximum atomic E-state index is 13.9. The molecule has 0 atom stereocenters. The van der Waals surface area contributed by atoms with E-state index < -0.39 is 10.0 Å². The maximum Gasteiger partial charge on any atom is 0.252 e. The van der Waals surface area contributed by atoms with Gasteiger partial charge in [0.2, 0.25) is 5.91 Å². The summed E-state index contributed by atoms with van der Waals surface area (Å²) in [5.41, 5.74) is 0.498. The standard InChI is InChI=1S/C17H20FN3O3S2/c1-13(22)19-12-14-6-7-17(25-14)26(23,24)21-10-8-20(9-11-21)16-5-3-2-4-15(16)18/h2-7H,8-12H2,1H3,(H,19,22). The van der Waals surface area contributed by atoms with Crippen molar-refractivity contribution in [3.63, 3.8) is 0 Å². The summed E-state index contributed by atoms with van der Waals surface area (Å²) >= 11 is 1.16. The quantitative estimate of drug-likeness (QED) is 0.838. The summed E-state index contributed by atoms with van der Waals surface area (Å²) in [4.78, 5) is 13.6. The predicted octanol–water partition coefficient (Wildman–Crippen LogP) is 2.03. The molecular formula is C17H20FN3O3S2. The molecule has 0 unspecified atom stereocenters. The van der Waals surface area contributed by atoms with Crippen LogP contribution in [0, 0.1) is 5.82 Å². The van der Waals surface area contributed by atoms with Crippen molar-refractivity contribution in [2.75, 3.05) is 31.1 Å². The first-order valence-corrected chi connectivity index (χ1v) is 10.5. The fourth-order valence-electron chi connectivity index (χ4n) is 2.81. The molecule has 0 spiro atoms. The van der Waals surface area contributed by atoms with Crippen molar-refractivity contribution in [2.45, 2.75) is 17.7 Å². The van der Waals surface area contributed by atoms with Gasteiger partial charge in [0, 0.05) is 38.0 Å². The van der Waals surface area contributed by atoms with Crippen LogP contribution in [0.5, 0.6) is 0 Å². The van der Waals surface area contributed by atoms with E-state index in [2.05, 4.69) is 5.32 Å². The Bertz CT molecular complexity index is 890. The second-order valence-corrected chi connectivity index (χ2v) is 9.31. The summed E-state index contributed by atoms with van der Waals surface area (Å²) in [6.07, 6.45) is 0. The van der Waals surface area contributed by atoms with Crippen LogP contribution in [-0.2, 0) is 21.4 Å². The van der Waals surface area contributed by atoms with Crippen molar-refractivity contribution in [2.24, 2.45) is 0 Å². The highest BCUT2D eigenvalue weighted by molar-refractivity contribution is 7.91. The van der Waals surface area contributed by atoms with Crippen molar-refractivity contribution in [1.29, 1.82) is 0 Å². The number of amides is 1. The molecule has 0 radical (unpaired) electrons. The molecule has 3 rings (SSSR count). The molecule has 2 aromatic rings. The third-order valence-corrected chi connectivity index (χ3v) is 7.63. The predicted molar refractivity (Wildman–Crippen MR) is 99.2 cm³/mol. The number of carbonyl (C=O) groups is 1. The first kappa shape index (κ1) is 18.8. The van der Waals surface area contributed by atoms with E-state index in [-0.39, 0.29) is 15.9 Å². The summed E-state index contributed by atoms with van der Waals surface area (Å²) in [6.45, 7) is 3.21. The number of halogens is 1. The number of sulfonamides is 1. The van der Waals surface area contributed by atoms with Gasteiger partial charge in [0.25, 0.3) is 10.0 Å². The Morgan fingerprint density at radius 2 is 1.85 bits per heavy atom. The lowest BCUT2D eigenvalue weighted by Crippen LogP contribution is -2.48. The molecular weight excluding hydrogens is 377 g/mol. The zero-order valence-electron chi connectivity index (χ0n) is 14.3. The average molecular weight is 397 g/mol. The largest absolute Gasteiger partial charge is 0.367 e. The monoisotopic (exact) mass is 397 g/mol. The molecule has 26 heavy (non-hydrogen) atoms. The molecule has 1 saturated heterocycles. The Labute approximate surface area is 156 Å². The minimum absolute atomic E-state index is 0.160. The lowest BCUT2D eigenvalue weighted by Gasteiger charge is -2.35. The molecule has 1 amide bonds. The molecule has 1 aromatic heterocycles. The van der Waals surface area contributed by atoms with Crippen LogP contribution in [0.2, 0.25) is 0 Å². The van der Waals surface area contributed by atoms with Gasteiger partial charge in [0.15, 0.2) is 0 Å². The molecule has 9 heteroatoms. The van der Waals surface area contributed by atoms with E-state index in [0.717, 1.165) is 16.2 Å². The number of anilines is 1. The highest BCUT2D eigenvalue weighted by Crippen LogP contribution is 2.27. The number of thiophene rings is 1. The number of benzene rings is 1. The van der Waals surface area contributed by atoms with E-state index in [9.17, 15) is 17.6 Å². The SMILES string of the molecule is CC(=O)NCc1ccc(S(=O)(=O)N2CCN(c3ccccc3F)CC2)s1. The van der Waals surface area contributed by atoms with Gasteiger partial charge in [-0.15, -0.1) is 11.3 Å². The number of hydrogen-bond acceptors (Lipinski definition) is 5. The second kappa shape index (κ2) is 7.73. The van der Waals surface area contributed by atoms with Crippen LogP contribution < -0.4 is 10.2 Å². The van der Waals surface area contributed by atoms with Crippen LogP contribution in [0.3, 0.4) is 0 Å². The lowest BCUT2D eigenvalue weighted by molar-refractivity contribution is -0.119. The van der Waals surface area contributed by atoms with Gasteiger partial charge in [-0.05, 0) is 24.3 Å². The summed E-state index contributed by atoms with van der Waals surface area (Å²) in [6, 6.07) is 9.79. The highest BCUT2D eigenvalue weighted by Gasteiger charge is 2.30. The average Bonchev–Trinajstić information content (AvgIpc) is 3.10. The van der Waals surface area contributed by atoms with E-state index in [1.165, 1.54) is 17.3 Å². The second-order valence-electron chi connectivity index (χ2n) is 5.97. The van der Waals surface area contributed by atoms with Gasteiger partial charge in [-0.2, -0.15) is 4.31 Å². The maximum absolute atomic E-state index is 13.9. The number of rotatable bonds is 5. The van der Waals surface area contributed by atoms with E-state index in [1.54, 1.807) is 30.3 Å². The Balaban J connectivity index is 1.66. The molecule has 1 aliphatic heterocycles. The number of para-hydroxylation sites is 1. The molecule has 1 aromatic carbocycles. The van der Waals surface area contributed by atoms with Crippen LogP contribution in [0.4, 0.5) is 10.1 Å². The molecule has 6 nitrogen and oxygen atoms in total.